The number of rotatable bonds is 51. The number of ether oxygens (including phenoxy) is 2. The van der Waals surface area contributed by atoms with Crippen LogP contribution in [0.3, 0.4) is 0 Å². The van der Waals surface area contributed by atoms with E-state index in [2.05, 4.69) is 137 Å². The Balaban J connectivity index is 3.92. The Hall–Kier alpha value is -3.30. The molecule has 0 amide bonds. The van der Waals surface area contributed by atoms with E-state index in [1.165, 1.54) is 44.9 Å². The van der Waals surface area contributed by atoms with E-state index in [1.807, 2.05) is 0 Å². The summed E-state index contributed by atoms with van der Waals surface area (Å²) < 4.78 is 53.1. The van der Waals surface area contributed by atoms with E-state index < -0.39 is 85.5 Å². The molecule has 0 aliphatic rings. The van der Waals surface area contributed by atoms with Crippen molar-refractivity contribution in [1.82, 2.24) is 0 Å². The summed E-state index contributed by atoms with van der Waals surface area (Å²) in [7, 11) is -9.61. The van der Waals surface area contributed by atoms with Crippen molar-refractivity contribution in [2.75, 3.05) is 39.6 Å². The topological polar surface area (TPSA) is 225 Å². The largest absolute Gasteiger partial charge is 0.472 e. The van der Waals surface area contributed by atoms with Crippen LogP contribution in [-0.4, -0.2) is 95.0 Å². The van der Waals surface area contributed by atoms with Gasteiger partial charge in [0.2, 0.25) is 0 Å². The first-order chi connectivity index (χ1) is 35.8. The van der Waals surface area contributed by atoms with E-state index in [4.69, 9.17) is 14.0 Å². The Morgan fingerprint density at radius 1 is 0.365 bits per heavy atom. The predicted molar refractivity (Wildman–Crippen MR) is 297 cm³/mol. The number of esters is 2. The average Bonchev–Trinajstić information content (AvgIpc) is 3.38. The number of carbonyl (C=O) groups excluding carboxylic acids is 2. The van der Waals surface area contributed by atoms with Crippen molar-refractivity contribution in [2.24, 2.45) is 0 Å². The van der Waals surface area contributed by atoms with E-state index in [0.717, 1.165) is 96.3 Å². The van der Waals surface area contributed by atoms with Crippen molar-refractivity contribution in [3.8, 4) is 0 Å². The first kappa shape index (κ1) is 70.7. The minimum absolute atomic E-state index is 0.136. The fourth-order valence-corrected chi connectivity index (χ4v) is 8.11. The van der Waals surface area contributed by atoms with E-state index in [-0.39, 0.29) is 12.8 Å². The second-order valence-electron chi connectivity index (χ2n) is 17.9. The lowest BCUT2D eigenvalue weighted by atomic mass is 10.1. The first-order valence-corrected chi connectivity index (χ1v) is 30.2. The third-order valence-electron chi connectivity index (χ3n) is 10.7. The molecule has 0 spiro atoms. The molecule has 5 unspecified atom stereocenters. The summed E-state index contributed by atoms with van der Waals surface area (Å²) in [5.74, 6) is -1.05. The molecule has 0 aromatic carbocycles. The zero-order valence-corrected chi connectivity index (χ0v) is 46.8. The van der Waals surface area contributed by atoms with Gasteiger partial charge in [0.1, 0.15) is 31.5 Å². The molecule has 17 heteroatoms. The number of hydrogen-bond donors (Lipinski definition) is 5. The van der Waals surface area contributed by atoms with Crippen LogP contribution in [0.15, 0.2) is 109 Å². The molecule has 0 aliphatic carbocycles. The van der Waals surface area contributed by atoms with E-state index in [9.17, 15) is 43.8 Å². The molecule has 74 heavy (non-hydrogen) atoms. The predicted octanol–water partition coefficient (Wildman–Crippen LogP) is 13.6. The van der Waals surface area contributed by atoms with Crippen LogP contribution in [0.4, 0.5) is 0 Å². The van der Waals surface area contributed by atoms with E-state index in [0.29, 0.717) is 12.8 Å². The molecule has 15 nitrogen and oxygen atoms in total. The van der Waals surface area contributed by atoms with Crippen LogP contribution in [0.2, 0.25) is 0 Å². The molecular formula is C57H96O15P2. The minimum Gasteiger partial charge on any atom is -0.463 e. The lowest BCUT2D eigenvalue weighted by molar-refractivity contribution is -0.148. The second-order valence-corrected chi connectivity index (χ2v) is 20.8. The zero-order chi connectivity index (χ0) is 54.5. The molecule has 0 aliphatic heterocycles. The first-order valence-electron chi connectivity index (χ1n) is 27.2. The van der Waals surface area contributed by atoms with Crippen LogP contribution < -0.4 is 0 Å². The number of aliphatic hydroxyl groups excluding tert-OH is 3. The SMILES string of the molecule is CC/C=C\C/C=C\C/C=C\C/C=C\C/C=C\C/C=C\CCCCC(=O)OCC(O)COP(=O)(O)OCC(O)COP(=O)(O)OCC(O)COC(=O)CCCCCCCCCC/C=C\C/C=C\C/C=C\CCCCC. The number of phosphoric ester groups is 2. The summed E-state index contributed by atoms with van der Waals surface area (Å²) in [6.45, 7) is 0.211. The van der Waals surface area contributed by atoms with Gasteiger partial charge in [-0.2, -0.15) is 0 Å². The Labute approximate surface area is 445 Å². The standard InChI is InChI=1S/C57H96O15P2/c1-3-5-7-9-11-13-15-17-19-21-23-25-27-29-31-33-35-37-39-41-43-45-56(61)67-47-53(58)49-69-73(63,64)71-51-55(60)52-72-74(65,66)70-50-54(59)48-68-57(62)46-44-42-40-38-36-34-32-30-28-26-24-22-20-18-16-14-12-10-8-6-4-2/h5,7,11-14,17-20,23-26,29,31,35,37,53-55,58-60H,3-4,6,8-10,15-16,21-22,27-28,30,32-34,36,38-52H2,1-2H3,(H,63,64)(H,65,66)/b7-5-,13-11-,14-12-,19-17-,20-18-,25-23-,26-24-,31-29-,37-35-. The van der Waals surface area contributed by atoms with Gasteiger partial charge in [-0.1, -0.05) is 175 Å². The lowest BCUT2D eigenvalue weighted by Gasteiger charge is -2.19. The van der Waals surface area contributed by atoms with Gasteiger partial charge in [0.25, 0.3) is 0 Å². The van der Waals surface area contributed by atoms with Gasteiger partial charge >= 0.3 is 27.6 Å². The molecule has 424 valence electrons. The summed E-state index contributed by atoms with van der Waals surface area (Å²) in [5, 5.41) is 30.1. The summed E-state index contributed by atoms with van der Waals surface area (Å²) in [6.07, 6.45) is 59.2. The molecule has 5 N–H and O–H groups in total. The van der Waals surface area contributed by atoms with Crippen LogP contribution >= 0.6 is 15.6 Å². The molecule has 0 bridgehead atoms. The Kier molecular flexibility index (Phi) is 49.5. The molecule has 0 heterocycles. The maximum absolute atomic E-state index is 12.2. The summed E-state index contributed by atoms with van der Waals surface area (Å²) >= 11 is 0. The number of aliphatic hydroxyl groups is 3. The Bertz CT molecular complexity index is 1740. The molecule has 0 saturated carbocycles. The van der Waals surface area contributed by atoms with E-state index >= 15 is 0 Å². The summed E-state index contributed by atoms with van der Waals surface area (Å²) in [6, 6.07) is 0. The van der Waals surface area contributed by atoms with Crippen molar-refractivity contribution >= 4 is 27.6 Å². The number of carbonyl (C=O) groups is 2. The molecule has 5 atom stereocenters. The minimum atomic E-state index is -4.81. The van der Waals surface area contributed by atoms with Gasteiger partial charge in [-0.05, 0) is 103 Å². The molecular weight excluding hydrogens is 987 g/mol. The van der Waals surface area contributed by atoms with Gasteiger partial charge < -0.3 is 34.6 Å². The number of hydrogen-bond acceptors (Lipinski definition) is 13. The summed E-state index contributed by atoms with van der Waals surface area (Å²) in [5.41, 5.74) is 0. The third-order valence-corrected chi connectivity index (χ3v) is 12.6. The molecule has 0 saturated heterocycles. The molecule has 0 fully saturated rings. The quantitative estimate of drug-likeness (QED) is 0.0165. The van der Waals surface area contributed by atoms with Crippen LogP contribution in [0.25, 0.3) is 0 Å². The number of unbranched alkanes of at least 4 members (excludes halogenated alkanes) is 13. The van der Waals surface area contributed by atoms with Gasteiger partial charge in [0, 0.05) is 12.8 Å². The van der Waals surface area contributed by atoms with Gasteiger partial charge in [-0.15, -0.1) is 0 Å². The van der Waals surface area contributed by atoms with Crippen molar-refractivity contribution in [3.05, 3.63) is 109 Å². The highest BCUT2D eigenvalue weighted by atomic mass is 31.2. The normalized spacial score (nSPS) is 15.6. The Morgan fingerprint density at radius 3 is 0.959 bits per heavy atom. The van der Waals surface area contributed by atoms with Crippen LogP contribution in [0.5, 0.6) is 0 Å². The van der Waals surface area contributed by atoms with Gasteiger partial charge in [-0.3, -0.25) is 27.7 Å². The van der Waals surface area contributed by atoms with Crippen LogP contribution in [0, 0.1) is 0 Å². The van der Waals surface area contributed by atoms with Gasteiger partial charge in [-0.25, -0.2) is 9.13 Å². The fourth-order valence-electron chi connectivity index (χ4n) is 6.52. The van der Waals surface area contributed by atoms with Gasteiger partial charge in [0.15, 0.2) is 0 Å². The maximum atomic E-state index is 12.2. The van der Waals surface area contributed by atoms with Crippen molar-refractivity contribution in [2.45, 2.75) is 199 Å². The molecule has 0 aromatic rings. The van der Waals surface area contributed by atoms with E-state index in [1.54, 1.807) is 0 Å². The molecule has 0 rings (SSSR count). The highest BCUT2D eigenvalue weighted by Gasteiger charge is 2.28. The highest BCUT2D eigenvalue weighted by molar-refractivity contribution is 7.47. The van der Waals surface area contributed by atoms with Crippen LogP contribution in [0.1, 0.15) is 181 Å². The maximum Gasteiger partial charge on any atom is 0.472 e. The van der Waals surface area contributed by atoms with Crippen molar-refractivity contribution in [3.63, 3.8) is 0 Å². The van der Waals surface area contributed by atoms with Gasteiger partial charge in [0.05, 0.1) is 26.4 Å². The summed E-state index contributed by atoms with van der Waals surface area (Å²) in [4.78, 5) is 43.9. The Morgan fingerprint density at radius 2 is 0.622 bits per heavy atom. The number of allylic oxidation sites excluding steroid dienone is 18. The highest BCUT2D eigenvalue weighted by Crippen LogP contribution is 2.45. The second kappa shape index (κ2) is 51.8. The van der Waals surface area contributed by atoms with Crippen molar-refractivity contribution in [1.29, 1.82) is 0 Å². The van der Waals surface area contributed by atoms with Crippen LogP contribution in [-0.2, 0) is 46.3 Å². The van der Waals surface area contributed by atoms with Crippen molar-refractivity contribution < 1.29 is 71.4 Å². The average molecular weight is 1080 g/mol. The monoisotopic (exact) mass is 1080 g/mol. The number of phosphoric acid groups is 2. The zero-order valence-electron chi connectivity index (χ0n) is 45.0. The molecule has 0 radical (unpaired) electrons. The molecule has 0 aromatic heterocycles. The third kappa shape index (κ3) is 53.5. The fraction of sp³-hybridized carbons (Fsp3) is 0.649. The smallest absolute Gasteiger partial charge is 0.463 e. The lowest BCUT2D eigenvalue weighted by Crippen LogP contribution is -2.25.